The van der Waals surface area contributed by atoms with Gasteiger partial charge in [-0.05, 0) is 12.1 Å². The molecule has 0 amide bonds. The number of fused-ring (bicyclic) bond motifs is 1. The van der Waals surface area contributed by atoms with E-state index in [0.29, 0.717) is 22.5 Å². The van der Waals surface area contributed by atoms with Gasteiger partial charge in [0, 0.05) is 10.4 Å². The molecule has 0 aliphatic heterocycles. The summed E-state index contributed by atoms with van der Waals surface area (Å²) in [5.41, 5.74) is 0.907. The minimum Gasteiger partial charge on any atom is -0.356 e. The number of nitrogens with zero attached hydrogens (tertiary/aromatic N) is 1. The SMILES string of the molecule is O=Cc1cc(Cl)cc2cnoc12. The van der Waals surface area contributed by atoms with Crippen LogP contribution in [-0.4, -0.2) is 11.4 Å². The number of carbonyl (C=O) groups excluding carboxylic acids is 1. The monoisotopic (exact) mass is 181 g/mol. The fourth-order valence-electron chi connectivity index (χ4n) is 1.06. The van der Waals surface area contributed by atoms with Crippen LogP contribution in [0.2, 0.25) is 5.02 Å². The number of halogens is 1. The summed E-state index contributed by atoms with van der Waals surface area (Å²) in [5, 5.41) is 4.81. The van der Waals surface area contributed by atoms with Crippen LogP contribution < -0.4 is 0 Å². The molecule has 0 unspecified atom stereocenters. The van der Waals surface area contributed by atoms with E-state index in [0.717, 1.165) is 5.39 Å². The van der Waals surface area contributed by atoms with E-state index in [2.05, 4.69) is 5.16 Å². The first-order valence-electron chi connectivity index (χ1n) is 3.30. The minimum absolute atomic E-state index is 0.426. The van der Waals surface area contributed by atoms with Gasteiger partial charge in [0.15, 0.2) is 11.9 Å². The topological polar surface area (TPSA) is 43.1 Å². The third kappa shape index (κ3) is 0.987. The number of carbonyl (C=O) groups is 1. The van der Waals surface area contributed by atoms with Crippen molar-refractivity contribution >= 4 is 28.9 Å². The predicted molar refractivity (Wildman–Crippen MR) is 44.4 cm³/mol. The maximum Gasteiger partial charge on any atom is 0.177 e. The van der Waals surface area contributed by atoms with Crippen LogP contribution >= 0.6 is 11.6 Å². The molecule has 0 N–H and O–H groups in total. The number of aromatic nitrogens is 1. The second kappa shape index (κ2) is 2.60. The van der Waals surface area contributed by atoms with Gasteiger partial charge in [-0.2, -0.15) is 0 Å². The van der Waals surface area contributed by atoms with E-state index in [4.69, 9.17) is 16.1 Å². The Labute approximate surface area is 72.9 Å². The van der Waals surface area contributed by atoms with Crippen molar-refractivity contribution in [1.82, 2.24) is 5.16 Å². The first-order chi connectivity index (χ1) is 5.81. The normalized spacial score (nSPS) is 10.4. The lowest BCUT2D eigenvalue weighted by molar-refractivity contribution is 0.112. The molecule has 0 saturated heterocycles. The van der Waals surface area contributed by atoms with Crippen LogP contribution in [0.3, 0.4) is 0 Å². The molecule has 12 heavy (non-hydrogen) atoms. The Morgan fingerprint density at radius 2 is 2.33 bits per heavy atom. The van der Waals surface area contributed by atoms with Crippen LogP contribution in [0.5, 0.6) is 0 Å². The molecule has 0 spiro atoms. The molecule has 0 bridgehead atoms. The highest BCUT2D eigenvalue weighted by Crippen LogP contribution is 2.22. The van der Waals surface area contributed by atoms with Gasteiger partial charge in [0.25, 0.3) is 0 Å². The van der Waals surface area contributed by atoms with E-state index in [-0.39, 0.29) is 0 Å². The molecule has 0 aliphatic carbocycles. The number of benzene rings is 1. The third-order valence-electron chi connectivity index (χ3n) is 1.57. The zero-order chi connectivity index (χ0) is 8.55. The van der Waals surface area contributed by atoms with E-state index >= 15 is 0 Å². The van der Waals surface area contributed by atoms with Gasteiger partial charge in [-0.25, -0.2) is 0 Å². The average Bonchev–Trinajstić information content (AvgIpc) is 2.50. The van der Waals surface area contributed by atoms with E-state index in [1.807, 2.05) is 0 Å². The smallest absolute Gasteiger partial charge is 0.177 e. The number of aldehydes is 1. The number of hydrogen-bond donors (Lipinski definition) is 0. The largest absolute Gasteiger partial charge is 0.356 e. The van der Waals surface area contributed by atoms with Crippen molar-refractivity contribution in [3.63, 3.8) is 0 Å². The summed E-state index contributed by atoms with van der Waals surface area (Å²) in [6.07, 6.45) is 2.22. The van der Waals surface area contributed by atoms with Crippen molar-refractivity contribution in [2.45, 2.75) is 0 Å². The molecule has 0 radical (unpaired) electrons. The highest BCUT2D eigenvalue weighted by atomic mass is 35.5. The molecule has 60 valence electrons. The fraction of sp³-hybridized carbons (Fsp3) is 0. The van der Waals surface area contributed by atoms with Gasteiger partial charge in [0.2, 0.25) is 0 Å². The lowest BCUT2D eigenvalue weighted by atomic mass is 10.2. The summed E-state index contributed by atoms with van der Waals surface area (Å²) in [5.74, 6) is 0. The van der Waals surface area contributed by atoms with Gasteiger partial charge in [0.05, 0.1) is 11.8 Å². The summed E-state index contributed by atoms with van der Waals surface area (Å²) in [7, 11) is 0. The lowest BCUT2D eigenvalue weighted by Gasteiger charge is -1.92. The first kappa shape index (κ1) is 7.31. The second-order valence-corrected chi connectivity index (χ2v) is 2.79. The van der Waals surface area contributed by atoms with Gasteiger partial charge in [0.1, 0.15) is 0 Å². The van der Waals surface area contributed by atoms with Crippen molar-refractivity contribution in [3.8, 4) is 0 Å². The van der Waals surface area contributed by atoms with Crippen molar-refractivity contribution in [3.05, 3.63) is 28.9 Å². The van der Waals surface area contributed by atoms with E-state index in [1.54, 1.807) is 12.1 Å². The maximum atomic E-state index is 10.5. The number of rotatable bonds is 1. The minimum atomic E-state index is 0.426. The van der Waals surface area contributed by atoms with Crippen LogP contribution in [0, 0.1) is 0 Å². The molecule has 0 aliphatic rings. The second-order valence-electron chi connectivity index (χ2n) is 2.36. The zero-order valence-corrected chi connectivity index (χ0v) is 6.71. The molecule has 0 saturated carbocycles. The molecule has 2 rings (SSSR count). The fourth-order valence-corrected chi connectivity index (χ4v) is 1.30. The molecule has 0 fully saturated rings. The van der Waals surface area contributed by atoms with Gasteiger partial charge < -0.3 is 4.52 Å². The number of hydrogen-bond acceptors (Lipinski definition) is 3. The first-order valence-corrected chi connectivity index (χ1v) is 3.68. The Morgan fingerprint density at radius 1 is 1.50 bits per heavy atom. The maximum absolute atomic E-state index is 10.5. The van der Waals surface area contributed by atoms with Crippen molar-refractivity contribution in [2.24, 2.45) is 0 Å². The Morgan fingerprint density at radius 3 is 3.08 bits per heavy atom. The molecule has 0 atom stereocenters. The van der Waals surface area contributed by atoms with E-state index in [1.165, 1.54) is 6.20 Å². The van der Waals surface area contributed by atoms with Crippen LogP contribution in [0.4, 0.5) is 0 Å². The Hall–Kier alpha value is -1.35. The van der Waals surface area contributed by atoms with Crippen molar-refractivity contribution < 1.29 is 9.32 Å². The summed E-state index contributed by atoms with van der Waals surface area (Å²) in [4.78, 5) is 10.5. The summed E-state index contributed by atoms with van der Waals surface area (Å²) in [6.45, 7) is 0. The zero-order valence-electron chi connectivity index (χ0n) is 5.95. The standard InChI is InChI=1S/C8H4ClNO2/c9-7-1-5-3-10-12-8(5)6(2-7)4-11/h1-4H. The summed E-state index contributed by atoms with van der Waals surface area (Å²) in [6, 6.07) is 3.24. The quantitative estimate of drug-likeness (QED) is 0.634. The Kier molecular flexibility index (Phi) is 1.59. The van der Waals surface area contributed by atoms with Crippen molar-refractivity contribution in [1.29, 1.82) is 0 Å². The van der Waals surface area contributed by atoms with Gasteiger partial charge in [-0.3, -0.25) is 4.79 Å². The van der Waals surface area contributed by atoms with Crippen LogP contribution in [0.25, 0.3) is 11.0 Å². The lowest BCUT2D eigenvalue weighted by Crippen LogP contribution is -1.79. The molecule has 4 heteroatoms. The molecular formula is C8H4ClNO2. The van der Waals surface area contributed by atoms with E-state index < -0.39 is 0 Å². The highest BCUT2D eigenvalue weighted by molar-refractivity contribution is 6.31. The third-order valence-corrected chi connectivity index (χ3v) is 1.79. The molecule has 1 aromatic carbocycles. The van der Waals surface area contributed by atoms with Crippen LogP contribution in [0.1, 0.15) is 10.4 Å². The van der Waals surface area contributed by atoms with Crippen molar-refractivity contribution in [2.75, 3.05) is 0 Å². The molecule has 1 aromatic heterocycles. The average molecular weight is 182 g/mol. The highest BCUT2D eigenvalue weighted by Gasteiger charge is 2.05. The van der Waals surface area contributed by atoms with E-state index in [9.17, 15) is 4.79 Å². The Balaban J connectivity index is 2.88. The van der Waals surface area contributed by atoms with Crippen LogP contribution in [0.15, 0.2) is 22.9 Å². The van der Waals surface area contributed by atoms with Crippen LogP contribution in [-0.2, 0) is 0 Å². The summed E-state index contributed by atoms with van der Waals surface area (Å²) < 4.78 is 4.86. The summed E-state index contributed by atoms with van der Waals surface area (Å²) >= 11 is 5.73. The molecule has 2 aromatic rings. The molecule has 1 heterocycles. The predicted octanol–water partition coefficient (Wildman–Crippen LogP) is 2.29. The Bertz CT molecular complexity index is 436. The van der Waals surface area contributed by atoms with Gasteiger partial charge >= 0.3 is 0 Å². The van der Waals surface area contributed by atoms with Gasteiger partial charge in [-0.1, -0.05) is 16.8 Å². The molecular weight excluding hydrogens is 178 g/mol. The molecule has 3 nitrogen and oxygen atoms in total. The van der Waals surface area contributed by atoms with Gasteiger partial charge in [-0.15, -0.1) is 0 Å².